The van der Waals surface area contributed by atoms with Crippen molar-refractivity contribution in [2.75, 3.05) is 0 Å². The van der Waals surface area contributed by atoms with Crippen molar-refractivity contribution in [3.63, 3.8) is 0 Å². The van der Waals surface area contributed by atoms with E-state index in [4.69, 9.17) is 0 Å². The van der Waals surface area contributed by atoms with E-state index < -0.39 is 5.97 Å². The van der Waals surface area contributed by atoms with Crippen LogP contribution in [0.4, 0.5) is 0 Å². The third-order valence-electron chi connectivity index (χ3n) is 3.75. The molecule has 20 heavy (non-hydrogen) atoms. The molecular formula is C18H14O2. The molecule has 0 aliphatic heterocycles. The molecule has 0 aliphatic carbocycles. The number of benzene rings is 3. The molecule has 0 heterocycles. The summed E-state index contributed by atoms with van der Waals surface area (Å²) >= 11 is 0. The minimum Gasteiger partial charge on any atom is -0.478 e. The second-order valence-electron chi connectivity index (χ2n) is 4.86. The first-order valence-electron chi connectivity index (χ1n) is 6.44. The van der Waals surface area contributed by atoms with E-state index in [9.17, 15) is 9.90 Å². The molecule has 0 fully saturated rings. The minimum absolute atomic E-state index is 0.353. The zero-order valence-electron chi connectivity index (χ0n) is 11.2. The number of carbonyl (C=O) groups is 1. The zero-order valence-corrected chi connectivity index (χ0v) is 11.2. The van der Waals surface area contributed by atoms with Gasteiger partial charge in [0.05, 0.1) is 0 Å². The topological polar surface area (TPSA) is 37.3 Å². The summed E-state index contributed by atoms with van der Waals surface area (Å²) in [7, 11) is 0. The van der Waals surface area contributed by atoms with Crippen LogP contribution in [0.15, 0.2) is 49.0 Å². The van der Waals surface area contributed by atoms with Gasteiger partial charge < -0.3 is 5.11 Å². The van der Waals surface area contributed by atoms with Gasteiger partial charge in [-0.15, -0.1) is 0 Å². The summed E-state index contributed by atoms with van der Waals surface area (Å²) in [5, 5.41) is 14.3. The third kappa shape index (κ3) is 1.69. The van der Waals surface area contributed by atoms with Crippen LogP contribution in [0.25, 0.3) is 33.2 Å². The highest BCUT2D eigenvalue weighted by molar-refractivity contribution is 6.16. The van der Waals surface area contributed by atoms with E-state index in [1.54, 1.807) is 13.0 Å². The van der Waals surface area contributed by atoms with Crippen molar-refractivity contribution in [1.82, 2.24) is 0 Å². The lowest BCUT2D eigenvalue weighted by Gasteiger charge is -2.10. The van der Waals surface area contributed by atoms with Crippen molar-refractivity contribution in [1.29, 1.82) is 0 Å². The highest BCUT2D eigenvalue weighted by Gasteiger charge is 2.10. The standard InChI is InChI=1S/C18H14O2/c1-3-12-7-8-13-5-4-6-14-9-10-15(11(2)18(19)20)17(12)16(13)14/h3-10H,1H2,2H3,(H,19,20)/b15-11+. The average molecular weight is 262 g/mol. The van der Waals surface area contributed by atoms with Crippen LogP contribution >= 0.6 is 0 Å². The van der Waals surface area contributed by atoms with Crippen molar-refractivity contribution < 1.29 is 9.90 Å². The Kier molecular flexibility index (Phi) is 2.79. The lowest BCUT2D eigenvalue weighted by molar-refractivity contribution is -0.130. The molecule has 98 valence electrons. The summed E-state index contributed by atoms with van der Waals surface area (Å²) in [6.07, 6.45) is 1.78. The second kappa shape index (κ2) is 4.49. The van der Waals surface area contributed by atoms with Gasteiger partial charge in [-0.05, 0) is 39.3 Å². The molecule has 0 unspecified atom stereocenters. The predicted octanol–water partition coefficient (Wildman–Crippen LogP) is 3.61. The fourth-order valence-corrected chi connectivity index (χ4v) is 2.71. The molecule has 3 aromatic rings. The van der Waals surface area contributed by atoms with Gasteiger partial charge in [0.15, 0.2) is 0 Å². The van der Waals surface area contributed by atoms with Crippen molar-refractivity contribution in [3.05, 3.63) is 59.8 Å². The Labute approximate surface area is 116 Å². The van der Waals surface area contributed by atoms with E-state index >= 15 is 0 Å². The molecular weight excluding hydrogens is 248 g/mol. The Morgan fingerprint density at radius 2 is 1.70 bits per heavy atom. The highest BCUT2D eigenvalue weighted by atomic mass is 16.4. The number of aliphatic carboxylic acids is 1. The average Bonchev–Trinajstić information content (AvgIpc) is 2.47. The van der Waals surface area contributed by atoms with Crippen molar-refractivity contribution in [2.24, 2.45) is 0 Å². The van der Waals surface area contributed by atoms with Gasteiger partial charge in [0.2, 0.25) is 0 Å². The van der Waals surface area contributed by atoms with Crippen molar-refractivity contribution in [2.45, 2.75) is 6.92 Å². The van der Waals surface area contributed by atoms with Gasteiger partial charge in [0.1, 0.15) is 0 Å². The Morgan fingerprint density at radius 3 is 2.30 bits per heavy atom. The molecule has 3 aromatic carbocycles. The lowest BCUT2D eigenvalue weighted by atomic mass is 9.94. The molecule has 1 N–H and O–H groups in total. The number of hydrogen-bond acceptors (Lipinski definition) is 1. The summed E-state index contributed by atoms with van der Waals surface area (Å²) < 4.78 is 0. The summed E-state index contributed by atoms with van der Waals surface area (Å²) in [5.41, 5.74) is 1.32. The molecule has 3 rings (SSSR count). The number of hydrogen-bond donors (Lipinski definition) is 1. The third-order valence-corrected chi connectivity index (χ3v) is 3.75. The Bertz CT molecular complexity index is 888. The smallest absolute Gasteiger partial charge is 0.331 e. The molecule has 0 bridgehead atoms. The van der Waals surface area contributed by atoms with Crippen LogP contribution in [-0.2, 0) is 4.79 Å². The summed E-state index contributed by atoms with van der Waals surface area (Å²) in [6, 6.07) is 14.0. The van der Waals surface area contributed by atoms with Crippen LogP contribution < -0.4 is 5.22 Å². The quantitative estimate of drug-likeness (QED) is 0.766. The summed E-state index contributed by atoms with van der Waals surface area (Å²) in [5.74, 6) is -0.893. The number of carboxylic acid groups (broad SMARTS) is 1. The van der Waals surface area contributed by atoms with Gasteiger partial charge in [-0.3, -0.25) is 0 Å². The SMILES string of the molecule is C=Cc1ccc2cccc3cc/c(=C(/C)C(=O)O)c1c23. The lowest BCUT2D eigenvalue weighted by Crippen LogP contribution is -2.13. The Morgan fingerprint density at radius 1 is 1.05 bits per heavy atom. The van der Waals surface area contributed by atoms with E-state index in [2.05, 4.69) is 6.58 Å². The summed E-state index contributed by atoms with van der Waals surface area (Å²) in [6.45, 7) is 5.49. The molecule has 0 amide bonds. The molecule has 2 heteroatoms. The van der Waals surface area contributed by atoms with Gasteiger partial charge in [0.25, 0.3) is 0 Å². The van der Waals surface area contributed by atoms with E-state index in [1.807, 2.05) is 42.5 Å². The van der Waals surface area contributed by atoms with Crippen LogP contribution in [0.3, 0.4) is 0 Å². The van der Waals surface area contributed by atoms with Crippen LogP contribution in [0.2, 0.25) is 0 Å². The first kappa shape index (κ1) is 12.4. The monoisotopic (exact) mass is 262 g/mol. The minimum atomic E-state index is -0.893. The molecule has 0 aliphatic rings. The van der Waals surface area contributed by atoms with E-state index in [0.717, 1.165) is 32.3 Å². The van der Waals surface area contributed by atoms with Gasteiger partial charge in [-0.2, -0.15) is 0 Å². The first-order chi connectivity index (χ1) is 9.63. The summed E-state index contributed by atoms with van der Waals surface area (Å²) in [4.78, 5) is 11.3. The van der Waals surface area contributed by atoms with E-state index in [-0.39, 0.29) is 0 Å². The maximum atomic E-state index is 11.3. The second-order valence-corrected chi connectivity index (χ2v) is 4.86. The number of rotatable bonds is 2. The Balaban J connectivity index is 2.70. The van der Waals surface area contributed by atoms with E-state index in [1.165, 1.54) is 0 Å². The molecule has 0 aromatic heterocycles. The molecule has 2 nitrogen and oxygen atoms in total. The van der Waals surface area contributed by atoms with Crippen molar-refractivity contribution >= 4 is 39.2 Å². The fourth-order valence-electron chi connectivity index (χ4n) is 2.71. The van der Waals surface area contributed by atoms with Crippen LogP contribution in [0.5, 0.6) is 0 Å². The number of carboxylic acids is 1. The van der Waals surface area contributed by atoms with Crippen LogP contribution in [-0.4, -0.2) is 11.1 Å². The molecule has 0 radical (unpaired) electrons. The van der Waals surface area contributed by atoms with Gasteiger partial charge in [-0.25, -0.2) is 4.79 Å². The largest absolute Gasteiger partial charge is 0.478 e. The Hall–Kier alpha value is -2.61. The fraction of sp³-hybridized carbons (Fsp3) is 0.0556. The molecule has 0 saturated heterocycles. The van der Waals surface area contributed by atoms with Gasteiger partial charge in [-0.1, -0.05) is 55.1 Å². The maximum absolute atomic E-state index is 11.3. The normalized spacial score (nSPS) is 12.7. The predicted molar refractivity (Wildman–Crippen MR) is 83.5 cm³/mol. The van der Waals surface area contributed by atoms with Crippen molar-refractivity contribution in [3.8, 4) is 0 Å². The van der Waals surface area contributed by atoms with Crippen LogP contribution in [0.1, 0.15) is 12.5 Å². The molecule has 0 saturated carbocycles. The highest BCUT2D eigenvalue weighted by Crippen LogP contribution is 2.27. The molecule has 0 atom stereocenters. The van der Waals surface area contributed by atoms with Gasteiger partial charge in [0, 0.05) is 5.57 Å². The first-order valence-corrected chi connectivity index (χ1v) is 6.44. The molecule has 0 spiro atoms. The maximum Gasteiger partial charge on any atom is 0.331 e. The van der Waals surface area contributed by atoms with Crippen LogP contribution in [0, 0.1) is 0 Å². The van der Waals surface area contributed by atoms with Gasteiger partial charge >= 0.3 is 5.97 Å². The van der Waals surface area contributed by atoms with E-state index in [0.29, 0.717) is 5.57 Å². The zero-order chi connectivity index (χ0) is 14.3.